The number of aryl methyl sites for hydroxylation is 1. The van der Waals surface area contributed by atoms with Gasteiger partial charge in [0.15, 0.2) is 5.65 Å². The molecule has 0 aliphatic carbocycles. The van der Waals surface area contributed by atoms with Crippen LogP contribution in [0, 0.1) is 19.3 Å². The van der Waals surface area contributed by atoms with Gasteiger partial charge in [-0.2, -0.15) is 5.10 Å². The van der Waals surface area contributed by atoms with Crippen LogP contribution in [0.15, 0.2) is 71.8 Å². The first-order chi connectivity index (χ1) is 16.5. The van der Waals surface area contributed by atoms with Crippen molar-refractivity contribution in [3.63, 3.8) is 0 Å². The second kappa shape index (κ2) is 8.30. The van der Waals surface area contributed by atoms with Gasteiger partial charge >= 0.3 is 0 Å². The topological polar surface area (TPSA) is 94.2 Å². The summed E-state index contributed by atoms with van der Waals surface area (Å²) in [5, 5.41) is 7.68. The Labute approximate surface area is 194 Å². The van der Waals surface area contributed by atoms with Crippen LogP contribution >= 0.6 is 0 Å². The van der Waals surface area contributed by atoms with E-state index in [2.05, 4.69) is 21.3 Å². The minimum absolute atomic E-state index is 0.297. The number of hydrogen-bond donors (Lipinski definition) is 1. The molecule has 0 fully saturated rings. The zero-order valence-electron chi connectivity index (χ0n) is 18.6. The van der Waals surface area contributed by atoms with Crippen molar-refractivity contribution in [3.8, 4) is 18.0 Å². The van der Waals surface area contributed by atoms with Crippen molar-refractivity contribution < 1.29 is 4.79 Å². The molecule has 0 aliphatic heterocycles. The number of amides is 1. The van der Waals surface area contributed by atoms with Crippen LogP contribution in [0.1, 0.15) is 40.4 Å². The van der Waals surface area contributed by atoms with Crippen molar-refractivity contribution >= 4 is 22.5 Å². The van der Waals surface area contributed by atoms with E-state index in [0.29, 0.717) is 44.9 Å². The van der Waals surface area contributed by atoms with Crippen molar-refractivity contribution in [1.29, 1.82) is 0 Å². The number of nitrogens with zero attached hydrogens (tertiary/aromatic N) is 5. The van der Waals surface area contributed by atoms with Crippen LogP contribution in [-0.2, 0) is 0 Å². The number of para-hydroxylation sites is 1. The lowest BCUT2D eigenvalue weighted by atomic mass is 10.1. The zero-order chi connectivity index (χ0) is 23.8. The maximum atomic E-state index is 13.7. The normalized spacial score (nSPS) is 11.9. The lowest BCUT2D eigenvalue weighted by Crippen LogP contribution is -2.33. The predicted molar refractivity (Wildman–Crippen MR) is 129 cm³/mol. The quantitative estimate of drug-likeness (QED) is 0.426. The number of carbonyl (C=O) groups is 1. The third-order valence-corrected chi connectivity index (χ3v) is 5.63. The van der Waals surface area contributed by atoms with Gasteiger partial charge in [-0.05, 0) is 44.2 Å². The Kier molecular flexibility index (Phi) is 5.15. The minimum atomic E-state index is -0.614. The van der Waals surface area contributed by atoms with Crippen LogP contribution < -0.4 is 10.9 Å². The van der Waals surface area contributed by atoms with Crippen LogP contribution in [0.25, 0.3) is 22.2 Å². The third-order valence-electron chi connectivity index (χ3n) is 5.63. The molecule has 0 saturated heterocycles. The van der Waals surface area contributed by atoms with E-state index in [0.717, 1.165) is 0 Å². The van der Waals surface area contributed by atoms with Gasteiger partial charge in [-0.3, -0.25) is 14.2 Å². The van der Waals surface area contributed by atoms with Crippen LogP contribution in [0.5, 0.6) is 0 Å². The van der Waals surface area contributed by atoms with E-state index in [1.807, 2.05) is 30.3 Å². The smallest absolute Gasteiger partial charge is 0.267 e. The molecule has 34 heavy (non-hydrogen) atoms. The molecule has 1 N–H and O–H groups in total. The Bertz CT molecular complexity index is 1660. The molecular weight excluding hydrogens is 428 g/mol. The molecule has 0 bridgehead atoms. The van der Waals surface area contributed by atoms with Gasteiger partial charge in [0.2, 0.25) is 0 Å². The first-order valence-electron chi connectivity index (χ1n) is 10.7. The Balaban J connectivity index is 1.65. The van der Waals surface area contributed by atoms with Gasteiger partial charge in [-0.25, -0.2) is 14.5 Å². The highest BCUT2D eigenvalue weighted by atomic mass is 16.2. The van der Waals surface area contributed by atoms with Crippen molar-refractivity contribution in [1.82, 2.24) is 29.5 Å². The molecule has 5 rings (SSSR count). The number of fused-ring (bicyclic) bond motifs is 2. The molecule has 5 aromatic rings. The predicted octanol–water partition coefficient (Wildman–Crippen LogP) is 3.21. The second-order valence-corrected chi connectivity index (χ2v) is 7.83. The van der Waals surface area contributed by atoms with Gasteiger partial charge in [0.05, 0.1) is 28.3 Å². The summed E-state index contributed by atoms with van der Waals surface area (Å²) >= 11 is 0. The lowest BCUT2D eigenvalue weighted by Gasteiger charge is -2.20. The van der Waals surface area contributed by atoms with E-state index in [4.69, 9.17) is 11.4 Å². The van der Waals surface area contributed by atoms with E-state index in [1.165, 1.54) is 4.57 Å². The average Bonchev–Trinajstić information content (AvgIpc) is 3.19. The fourth-order valence-corrected chi connectivity index (χ4v) is 4.08. The van der Waals surface area contributed by atoms with E-state index >= 15 is 0 Å². The third kappa shape index (κ3) is 3.40. The summed E-state index contributed by atoms with van der Waals surface area (Å²) in [4.78, 5) is 36.0. The van der Waals surface area contributed by atoms with Crippen LogP contribution in [-0.4, -0.2) is 30.1 Å². The number of terminal acetylenes is 1. The molecule has 0 aliphatic rings. The molecule has 3 heterocycles. The number of nitrogens with one attached hydrogen (secondary N) is 1. The standard InChI is InChI=1S/C26H20N6O2/c1-4-18-10-8-13-20-22(18)26(34)32(19-11-6-5-7-12-19)23(29-20)17(3)28-25(33)21-16(2)30-31-15-9-14-27-24(21)31/h1,5-15,17H,2-3H3,(H,28,33). The molecular formula is C26H20N6O2. The molecule has 1 amide bonds. The summed E-state index contributed by atoms with van der Waals surface area (Å²) in [6.07, 6.45) is 9.00. The van der Waals surface area contributed by atoms with E-state index < -0.39 is 6.04 Å². The van der Waals surface area contributed by atoms with Gasteiger partial charge < -0.3 is 5.32 Å². The van der Waals surface area contributed by atoms with Crippen molar-refractivity contribution in [3.05, 3.63) is 100.0 Å². The number of aromatic nitrogens is 5. The zero-order valence-corrected chi connectivity index (χ0v) is 18.6. The van der Waals surface area contributed by atoms with Crippen molar-refractivity contribution in [2.24, 2.45) is 0 Å². The molecule has 0 saturated carbocycles. The number of carbonyl (C=O) groups excluding carboxylic acids is 1. The monoisotopic (exact) mass is 448 g/mol. The van der Waals surface area contributed by atoms with Crippen LogP contribution in [0.4, 0.5) is 0 Å². The first kappa shape index (κ1) is 21.1. The maximum absolute atomic E-state index is 13.7. The fourth-order valence-electron chi connectivity index (χ4n) is 4.08. The molecule has 1 unspecified atom stereocenters. The summed E-state index contributed by atoms with van der Waals surface area (Å²) in [7, 11) is 0. The summed E-state index contributed by atoms with van der Waals surface area (Å²) in [5.74, 6) is 2.60. The molecule has 8 heteroatoms. The Morgan fingerprint density at radius 1 is 1.12 bits per heavy atom. The molecule has 166 valence electrons. The van der Waals surface area contributed by atoms with Crippen LogP contribution in [0.2, 0.25) is 0 Å². The highest BCUT2D eigenvalue weighted by molar-refractivity contribution is 6.01. The van der Waals surface area contributed by atoms with Gasteiger partial charge in [-0.1, -0.05) is 30.2 Å². The van der Waals surface area contributed by atoms with Gasteiger partial charge in [0.25, 0.3) is 11.5 Å². The van der Waals surface area contributed by atoms with Gasteiger partial charge in [0, 0.05) is 18.0 Å². The molecule has 0 spiro atoms. The van der Waals surface area contributed by atoms with E-state index in [1.54, 1.807) is 55.0 Å². The van der Waals surface area contributed by atoms with Gasteiger partial charge in [-0.15, -0.1) is 6.42 Å². The van der Waals surface area contributed by atoms with E-state index in [-0.39, 0.29) is 11.5 Å². The van der Waals surface area contributed by atoms with Crippen LogP contribution in [0.3, 0.4) is 0 Å². The fraction of sp³-hybridized carbons (Fsp3) is 0.115. The molecule has 3 aromatic heterocycles. The highest BCUT2D eigenvalue weighted by Crippen LogP contribution is 2.21. The Morgan fingerprint density at radius 3 is 2.68 bits per heavy atom. The molecule has 2 aromatic carbocycles. The number of rotatable bonds is 4. The van der Waals surface area contributed by atoms with E-state index in [9.17, 15) is 9.59 Å². The Hall–Kier alpha value is -4.77. The van der Waals surface area contributed by atoms with Gasteiger partial charge in [0.1, 0.15) is 11.4 Å². The molecule has 1 atom stereocenters. The van der Waals surface area contributed by atoms with Crippen molar-refractivity contribution in [2.75, 3.05) is 0 Å². The molecule has 0 radical (unpaired) electrons. The van der Waals surface area contributed by atoms with Crippen molar-refractivity contribution in [2.45, 2.75) is 19.9 Å². The second-order valence-electron chi connectivity index (χ2n) is 7.83. The summed E-state index contributed by atoms with van der Waals surface area (Å²) in [5.41, 5.74) is 2.64. The maximum Gasteiger partial charge on any atom is 0.267 e. The first-order valence-corrected chi connectivity index (χ1v) is 10.7. The lowest BCUT2D eigenvalue weighted by molar-refractivity contribution is 0.0938. The minimum Gasteiger partial charge on any atom is -0.342 e. The number of hydrogen-bond acceptors (Lipinski definition) is 5. The largest absolute Gasteiger partial charge is 0.342 e. The SMILES string of the molecule is C#Cc1cccc2nc(C(C)NC(=O)c3c(C)nn4cccnc34)n(-c3ccccc3)c(=O)c12. The highest BCUT2D eigenvalue weighted by Gasteiger charge is 2.24. The average molecular weight is 448 g/mol. The Morgan fingerprint density at radius 2 is 1.91 bits per heavy atom. The summed E-state index contributed by atoms with van der Waals surface area (Å²) in [6.45, 7) is 3.54. The summed E-state index contributed by atoms with van der Waals surface area (Å²) in [6, 6.07) is 15.5. The summed E-state index contributed by atoms with van der Waals surface area (Å²) < 4.78 is 3.06. The number of benzene rings is 2. The molecule has 8 nitrogen and oxygen atoms in total.